The van der Waals surface area contributed by atoms with Gasteiger partial charge in [0.25, 0.3) is 0 Å². The maximum Gasteiger partial charge on any atom is 0.221 e. The number of carbonyl (C=O) groups is 1. The van der Waals surface area contributed by atoms with Crippen molar-refractivity contribution in [3.05, 3.63) is 59.9 Å². The summed E-state index contributed by atoms with van der Waals surface area (Å²) in [6.07, 6.45) is 1.16. The molecule has 0 unspecified atom stereocenters. The maximum atomic E-state index is 11.2. The third-order valence-corrected chi connectivity index (χ3v) is 5.61. The second-order valence-electron chi connectivity index (χ2n) is 7.86. The highest BCUT2D eigenvalue weighted by Gasteiger charge is 2.17. The molecule has 1 aliphatic heterocycles. The minimum atomic E-state index is -0.0361. The van der Waals surface area contributed by atoms with E-state index < -0.39 is 0 Å². The number of imidazole rings is 1. The summed E-state index contributed by atoms with van der Waals surface area (Å²) < 4.78 is 2.22. The van der Waals surface area contributed by atoms with Crippen molar-refractivity contribution < 1.29 is 4.79 Å². The van der Waals surface area contributed by atoms with Gasteiger partial charge in [-0.3, -0.25) is 14.6 Å². The van der Waals surface area contributed by atoms with E-state index in [-0.39, 0.29) is 5.91 Å². The van der Waals surface area contributed by atoms with Crippen LogP contribution in [0, 0.1) is 0 Å². The molecule has 6 heteroatoms. The van der Waals surface area contributed by atoms with Gasteiger partial charge in [0.1, 0.15) is 5.82 Å². The molecule has 1 aromatic heterocycles. The van der Waals surface area contributed by atoms with Crippen LogP contribution in [0.5, 0.6) is 0 Å². The number of fused-ring (bicyclic) bond motifs is 1. The van der Waals surface area contributed by atoms with Gasteiger partial charge in [-0.1, -0.05) is 24.3 Å². The van der Waals surface area contributed by atoms with Crippen LogP contribution >= 0.6 is 0 Å². The molecule has 0 bridgehead atoms. The summed E-state index contributed by atoms with van der Waals surface area (Å²) in [5.74, 6) is 1.10. The number of carbonyl (C=O) groups excluding carboxylic acids is 1. The van der Waals surface area contributed by atoms with Crippen molar-refractivity contribution in [3.8, 4) is 0 Å². The molecule has 1 N–H and O–H groups in total. The standard InChI is InChI=1S/C23H29N5O/c1-18(29)24-20-10-8-19(9-11-20)16-27-12-5-13-28(15-14-27)17-23-25-21-6-3-4-7-22(21)26(23)2/h3-4,6-11H,5,12-17H2,1-2H3,(H,24,29). The van der Waals surface area contributed by atoms with Crippen LogP contribution in [-0.2, 0) is 24.9 Å². The first-order valence-electron chi connectivity index (χ1n) is 10.3. The third kappa shape index (κ3) is 4.83. The van der Waals surface area contributed by atoms with Crippen molar-refractivity contribution in [2.24, 2.45) is 7.05 Å². The Kier molecular flexibility index (Phi) is 5.92. The molecular weight excluding hydrogens is 362 g/mol. The van der Waals surface area contributed by atoms with Crippen molar-refractivity contribution in [2.75, 3.05) is 31.5 Å². The number of rotatable bonds is 5. The van der Waals surface area contributed by atoms with E-state index in [1.54, 1.807) is 0 Å². The van der Waals surface area contributed by atoms with Crippen LogP contribution in [0.3, 0.4) is 0 Å². The van der Waals surface area contributed by atoms with Crippen LogP contribution in [0.2, 0.25) is 0 Å². The summed E-state index contributed by atoms with van der Waals surface area (Å²) in [5.41, 5.74) is 4.40. The fourth-order valence-electron chi connectivity index (χ4n) is 4.03. The molecular formula is C23H29N5O. The molecule has 1 amide bonds. The summed E-state index contributed by atoms with van der Waals surface area (Å²) in [7, 11) is 2.11. The van der Waals surface area contributed by atoms with Gasteiger partial charge in [0.15, 0.2) is 0 Å². The predicted octanol–water partition coefficient (Wildman–Crippen LogP) is 3.24. The van der Waals surface area contributed by atoms with E-state index in [2.05, 4.69) is 57.1 Å². The van der Waals surface area contributed by atoms with E-state index in [0.29, 0.717) is 0 Å². The number of aryl methyl sites for hydroxylation is 1. The second kappa shape index (κ2) is 8.76. The fourth-order valence-corrected chi connectivity index (χ4v) is 4.03. The van der Waals surface area contributed by atoms with E-state index in [0.717, 1.165) is 62.7 Å². The zero-order valence-electron chi connectivity index (χ0n) is 17.3. The average molecular weight is 392 g/mol. The van der Waals surface area contributed by atoms with Gasteiger partial charge in [0.2, 0.25) is 5.91 Å². The molecule has 6 nitrogen and oxygen atoms in total. The van der Waals surface area contributed by atoms with E-state index in [1.165, 1.54) is 18.0 Å². The van der Waals surface area contributed by atoms with Crippen LogP contribution in [0.4, 0.5) is 5.69 Å². The van der Waals surface area contributed by atoms with Gasteiger partial charge in [0.05, 0.1) is 17.6 Å². The normalized spacial score (nSPS) is 16.1. The Labute approximate surface area is 172 Å². The quantitative estimate of drug-likeness (QED) is 0.726. The molecule has 152 valence electrons. The van der Waals surface area contributed by atoms with Gasteiger partial charge < -0.3 is 9.88 Å². The Morgan fingerprint density at radius 1 is 0.966 bits per heavy atom. The Hall–Kier alpha value is -2.70. The minimum absolute atomic E-state index is 0.0361. The molecule has 3 aromatic rings. The van der Waals surface area contributed by atoms with Gasteiger partial charge >= 0.3 is 0 Å². The molecule has 1 saturated heterocycles. The van der Waals surface area contributed by atoms with Crippen LogP contribution in [0.15, 0.2) is 48.5 Å². The lowest BCUT2D eigenvalue weighted by Gasteiger charge is -2.21. The number of anilines is 1. The van der Waals surface area contributed by atoms with Crippen molar-refractivity contribution >= 4 is 22.6 Å². The number of nitrogens with one attached hydrogen (secondary N) is 1. The zero-order valence-corrected chi connectivity index (χ0v) is 17.3. The highest BCUT2D eigenvalue weighted by Crippen LogP contribution is 2.17. The molecule has 29 heavy (non-hydrogen) atoms. The minimum Gasteiger partial charge on any atom is -0.330 e. The number of para-hydroxylation sites is 2. The Bertz CT molecular complexity index is 979. The number of benzene rings is 2. The van der Waals surface area contributed by atoms with Crippen molar-refractivity contribution in [1.82, 2.24) is 19.4 Å². The van der Waals surface area contributed by atoms with E-state index >= 15 is 0 Å². The number of amides is 1. The summed E-state index contributed by atoms with van der Waals surface area (Å²) in [4.78, 5) is 21.0. The summed E-state index contributed by atoms with van der Waals surface area (Å²) in [6, 6.07) is 16.5. The summed E-state index contributed by atoms with van der Waals surface area (Å²) >= 11 is 0. The van der Waals surface area contributed by atoms with Crippen LogP contribution in [-0.4, -0.2) is 51.4 Å². The summed E-state index contributed by atoms with van der Waals surface area (Å²) in [6.45, 7) is 7.67. The molecule has 4 rings (SSSR count). The highest BCUT2D eigenvalue weighted by atomic mass is 16.1. The number of hydrogen-bond acceptors (Lipinski definition) is 4. The lowest BCUT2D eigenvalue weighted by atomic mass is 10.2. The van der Waals surface area contributed by atoms with Gasteiger partial charge in [-0.15, -0.1) is 0 Å². The molecule has 0 saturated carbocycles. The number of aromatic nitrogens is 2. The topological polar surface area (TPSA) is 53.4 Å². The van der Waals surface area contributed by atoms with E-state index in [1.807, 2.05) is 18.2 Å². The molecule has 2 aromatic carbocycles. The van der Waals surface area contributed by atoms with Crippen molar-refractivity contribution in [1.29, 1.82) is 0 Å². The van der Waals surface area contributed by atoms with Gasteiger partial charge in [-0.25, -0.2) is 4.98 Å². The average Bonchev–Trinajstić information content (AvgIpc) is 2.86. The lowest BCUT2D eigenvalue weighted by molar-refractivity contribution is -0.114. The number of nitrogens with zero attached hydrogens (tertiary/aromatic N) is 4. The SMILES string of the molecule is CC(=O)Nc1ccc(CN2CCCN(Cc3nc4ccccc4n3C)CC2)cc1. The smallest absolute Gasteiger partial charge is 0.221 e. The molecule has 1 fully saturated rings. The first-order chi connectivity index (χ1) is 14.1. The largest absolute Gasteiger partial charge is 0.330 e. The predicted molar refractivity (Wildman–Crippen MR) is 117 cm³/mol. The zero-order chi connectivity index (χ0) is 20.2. The molecule has 1 aliphatic rings. The molecule has 0 radical (unpaired) electrons. The third-order valence-electron chi connectivity index (χ3n) is 5.61. The van der Waals surface area contributed by atoms with E-state index in [4.69, 9.17) is 4.98 Å². The van der Waals surface area contributed by atoms with Gasteiger partial charge in [0, 0.05) is 39.3 Å². The lowest BCUT2D eigenvalue weighted by Crippen LogP contribution is -2.31. The highest BCUT2D eigenvalue weighted by molar-refractivity contribution is 5.88. The van der Waals surface area contributed by atoms with Crippen molar-refractivity contribution in [2.45, 2.75) is 26.4 Å². The van der Waals surface area contributed by atoms with Crippen LogP contribution in [0.25, 0.3) is 11.0 Å². The number of hydrogen-bond donors (Lipinski definition) is 1. The van der Waals surface area contributed by atoms with Crippen LogP contribution in [0.1, 0.15) is 24.7 Å². The Balaban J connectivity index is 1.34. The maximum absolute atomic E-state index is 11.2. The van der Waals surface area contributed by atoms with Gasteiger partial charge in [-0.2, -0.15) is 0 Å². The molecule has 0 spiro atoms. The molecule has 0 aliphatic carbocycles. The second-order valence-corrected chi connectivity index (χ2v) is 7.86. The molecule has 2 heterocycles. The van der Waals surface area contributed by atoms with Gasteiger partial charge in [-0.05, 0) is 49.3 Å². The van der Waals surface area contributed by atoms with Crippen LogP contribution < -0.4 is 5.32 Å². The first-order valence-corrected chi connectivity index (χ1v) is 10.3. The monoisotopic (exact) mass is 391 g/mol. The van der Waals surface area contributed by atoms with E-state index in [9.17, 15) is 4.79 Å². The first kappa shape index (κ1) is 19.6. The Morgan fingerprint density at radius 3 is 2.34 bits per heavy atom. The fraction of sp³-hybridized carbons (Fsp3) is 0.391. The summed E-state index contributed by atoms with van der Waals surface area (Å²) in [5, 5.41) is 2.82. The molecule has 0 atom stereocenters. The Morgan fingerprint density at radius 2 is 1.66 bits per heavy atom. The van der Waals surface area contributed by atoms with Crippen molar-refractivity contribution in [3.63, 3.8) is 0 Å².